The summed E-state index contributed by atoms with van der Waals surface area (Å²) in [5, 5.41) is 11.7. The minimum Gasteiger partial charge on any atom is -0.480 e. The number of carbonyl (C=O) groups is 2. The molecule has 1 aromatic rings. The molecule has 0 aromatic heterocycles. The summed E-state index contributed by atoms with van der Waals surface area (Å²) in [6, 6.07) is 4.86. The summed E-state index contributed by atoms with van der Waals surface area (Å²) < 4.78 is 0.961. The van der Waals surface area contributed by atoms with Crippen LogP contribution in [0.4, 0.5) is 0 Å². The number of amides is 1. The Morgan fingerprint density at radius 3 is 2.50 bits per heavy atom. The Morgan fingerprint density at radius 2 is 2.00 bits per heavy atom. The SMILES string of the molecule is Cc1cc(Br)ccc1CC(=O)N[C@H](CC(C)C)C(=O)O. The first-order valence-electron chi connectivity index (χ1n) is 6.56. The number of aliphatic carboxylic acids is 1. The maximum Gasteiger partial charge on any atom is 0.326 e. The van der Waals surface area contributed by atoms with Gasteiger partial charge in [0.15, 0.2) is 0 Å². The first kappa shape index (κ1) is 16.7. The van der Waals surface area contributed by atoms with E-state index in [1.807, 2.05) is 39.0 Å². The van der Waals surface area contributed by atoms with Crippen LogP contribution in [0.25, 0.3) is 0 Å². The largest absolute Gasteiger partial charge is 0.480 e. The molecule has 110 valence electrons. The van der Waals surface area contributed by atoms with Crippen LogP contribution in [0.15, 0.2) is 22.7 Å². The van der Waals surface area contributed by atoms with Crippen molar-refractivity contribution in [3.05, 3.63) is 33.8 Å². The van der Waals surface area contributed by atoms with Gasteiger partial charge in [-0.1, -0.05) is 35.8 Å². The molecule has 0 unspecified atom stereocenters. The van der Waals surface area contributed by atoms with Crippen LogP contribution in [0.5, 0.6) is 0 Å². The molecule has 20 heavy (non-hydrogen) atoms. The third-order valence-corrected chi connectivity index (χ3v) is 3.49. The fourth-order valence-corrected chi connectivity index (χ4v) is 2.44. The molecular weight excluding hydrogens is 322 g/mol. The molecule has 0 aliphatic rings. The molecule has 2 N–H and O–H groups in total. The molecule has 0 fully saturated rings. The van der Waals surface area contributed by atoms with E-state index in [-0.39, 0.29) is 18.2 Å². The van der Waals surface area contributed by atoms with Crippen molar-refractivity contribution in [3.63, 3.8) is 0 Å². The topological polar surface area (TPSA) is 66.4 Å². The van der Waals surface area contributed by atoms with Crippen molar-refractivity contribution in [2.24, 2.45) is 5.92 Å². The van der Waals surface area contributed by atoms with Gasteiger partial charge >= 0.3 is 5.97 Å². The second kappa shape index (κ2) is 7.43. The maximum absolute atomic E-state index is 12.0. The molecular formula is C15H20BrNO3. The number of aryl methyl sites for hydroxylation is 1. The molecule has 1 aromatic carbocycles. The van der Waals surface area contributed by atoms with Gasteiger partial charge < -0.3 is 10.4 Å². The van der Waals surface area contributed by atoms with Crippen molar-refractivity contribution >= 4 is 27.8 Å². The second-order valence-corrected chi connectivity index (χ2v) is 6.25. The zero-order valence-electron chi connectivity index (χ0n) is 11.9. The minimum atomic E-state index is -0.987. The lowest BCUT2D eigenvalue weighted by Crippen LogP contribution is -2.42. The van der Waals surface area contributed by atoms with Crippen LogP contribution in [-0.4, -0.2) is 23.0 Å². The highest BCUT2D eigenvalue weighted by Gasteiger charge is 2.21. The molecule has 0 saturated carbocycles. The van der Waals surface area contributed by atoms with E-state index in [9.17, 15) is 9.59 Å². The van der Waals surface area contributed by atoms with Gasteiger partial charge in [-0.2, -0.15) is 0 Å². The smallest absolute Gasteiger partial charge is 0.326 e. The predicted molar refractivity (Wildman–Crippen MR) is 81.6 cm³/mol. The average Bonchev–Trinajstić information content (AvgIpc) is 2.31. The monoisotopic (exact) mass is 341 g/mol. The van der Waals surface area contributed by atoms with Crippen LogP contribution < -0.4 is 5.32 Å². The highest BCUT2D eigenvalue weighted by Crippen LogP contribution is 2.16. The Balaban J connectivity index is 2.68. The van der Waals surface area contributed by atoms with Crippen molar-refractivity contribution in [1.82, 2.24) is 5.32 Å². The molecule has 1 atom stereocenters. The lowest BCUT2D eigenvalue weighted by Gasteiger charge is -2.17. The summed E-state index contributed by atoms with van der Waals surface area (Å²) >= 11 is 3.37. The molecule has 0 bridgehead atoms. The Bertz CT molecular complexity index is 500. The fourth-order valence-electron chi connectivity index (χ4n) is 1.97. The molecule has 0 aliphatic carbocycles. The number of nitrogens with one attached hydrogen (secondary N) is 1. The Hall–Kier alpha value is -1.36. The number of carboxylic acids is 1. The number of hydrogen-bond donors (Lipinski definition) is 2. The summed E-state index contributed by atoms with van der Waals surface area (Å²) in [6.07, 6.45) is 0.626. The number of halogens is 1. The summed E-state index contributed by atoms with van der Waals surface area (Å²) in [7, 11) is 0. The molecule has 0 aliphatic heterocycles. The van der Waals surface area contributed by atoms with Crippen LogP contribution in [-0.2, 0) is 16.0 Å². The maximum atomic E-state index is 12.0. The van der Waals surface area contributed by atoms with Gasteiger partial charge in [-0.15, -0.1) is 0 Å². The van der Waals surface area contributed by atoms with Gasteiger partial charge in [0.05, 0.1) is 6.42 Å². The lowest BCUT2D eigenvalue weighted by atomic mass is 10.0. The quantitative estimate of drug-likeness (QED) is 0.835. The van der Waals surface area contributed by atoms with Gasteiger partial charge in [-0.3, -0.25) is 4.79 Å². The standard InChI is InChI=1S/C15H20BrNO3/c1-9(2)6-13(15(19)20)17-14(18)8-11-4-5-12(16)7-10(11)3/h4-5,7,9,13H,6,8H2,1-3H3,(H,17,18)(H,19,20)/t13-/m1/s1. The molecule has 4 nitrogen and oxygen atoms in total. The van der Waals surface area contributed by atoms with E-state index in [4.69, 9.17) is 5.11 Å². The third-order valence-electron chi connectivity index (χ3n) is 3.00. The van der Waals surface area contributed by atoms with Crippen LogP contribution in [0.3, 0.4) is 0 Å². The Labute approximate surface area is 127 Å². The number of benzene rings is 1. The van der Waals surface area contributed by atoms with E-state index in [2.05, 4.69) is 21.2 Å². The summed E-state index contributed by atoms with van der Waals surface area (Å²) in [5.41, 5.74) is 1.91. The van der Waals surface area contributed by atoms with Crippen LogP contribution >= 0.6 is 15.9 Å². The van der Waals surface area contributed by atoms with E-state index in [1.54, 1.807) is 0 Å². The van der Waals surface area contributed by atoms with E-state index in [1.165, 1.54) is 0 Å². The van der Waals surface area contributed by atoms with Gasteiger partial charge in [0.25, 0.3) is 0 Å². The minimum absolute atomic E-state index is 0.195. The first-order chi connectivity index (χ1) is 9.29. The highest BCUT2D eigenvalue weighted by atomic mass is 79.9. The molecule has 0 radical (unpaired) electrons. The van der Waals surface area contributed by atoms with Crippen molar-refractivity contribution in [2.45, 2.75) is 39.7 Å². The first-order valence-corrected chi connectivity index (χ1v) is 7.36. The summed E-state index contributed by atoms with van der Waals surface area (Å²) in [6.45, 7) is 5.79. The van der Waals surface area contributed by atoms with Crippen molar-refractivity contribution in [3.8, 4) is 0 Å². The van der Waals surface area contributed by atoms with Gasteiger partial charge in [0.1, 0.15) is 6.04 Å². The van der Waals surface area contributed by atoms with Crippen LogP contribution in [0.1, 0.15) is 31.4 Å². The number of carboxylic acid groups (broad SMARTS) is 1. The van der Waals surface area contributed by atoms with Gasteiger partial charge in [0.2, 0.25) is 5.91 Å². The molecule has 0 saturated heterocycles. The van der Waals surface area contributed by atoms with E-state index >= 15 is 0 Å². The number of rotatable bonds is 6. The Morgan fingerprint density at radius 1 is 1.35 bits per heavy atom. The van der Waals surface area contributed by atoms with Crippen LogP contribution in [0, 0.1) is 12.8 Å². The second-order valence-electron chi connectivity index (χ2n) is 5.34. The number of carbonyl (C=O) groups excluding carboxylic acids is 1. The summed E-state index contributed by atoms with van der Waals surface area (Å²) in [5.74, 6) is -1.03. The third kappa shape index (κ3) is 5.33. The van der Waals surface area contributed by atoms with Gasteiger partial charge in [0, 0.05) is 4.47 Å². The highest BCUT2D eigenvalue weighted by molar-refractivity contribution is 9.10. The zero-order chi connectivity index (χ0) is 15.3. The molecule has 0 spiro atoms. The number of hydrogen-bond acceptors (Lipinski definition) is 2. The van der Waals surface area contributed by atoms with Gasteiger partial charge in [-0.25, -0.2) is 4.79 Å². The van der Waals surface area contributed by atoms with Crippen molar-refractivity contribution in [1.29, 1.82) is 0 Å². The summed E-state index contributed by atoms with van der Waals surface area (Å²) in [4.78, 5) is 23.1. The van der Waals surface area contributed by atoms with E-state index in [0.717, 1.165) is 15.6 Å². The average molecular weight is 342 g/mol. The van der Waals surface area contributed by atoms with Crippen molar-refractivity contribution < 1.29 is 14.7 Å². The molecule has 5 heteroatoms. The van der Waals surface area contributed by atoms with Crippen LogP contribution in [0.2, 0.25) is 0 Å². The predicted octanol–water partition coefficient (Wildman–Crippen LogP) is 2.92. The molecule has 1 amide bonds. The van der Waals surface area contributed by atoms with Gasteiger partial charge in [-0.05, 0) is 42.5 Å². The van der Waals surface area contributed by atoms with Crippen molar-refractivity contribution in [2.75, 3.05) is 0 Å². The molecule has 1 rings (SSSR count). The van der Waals surface area contributed by atoms with E-state index < -0.39 is 12.0 Å². The zero-order valence-corrected chi connectivity index (χ0v) is 13.5. The molecule has 0 heterocycles. The Kier molecular flexibility index (Phi) is 6.20. The normalized spacial score (nSPS) is 12.2. The van der Waals surface area contributed by atoms with E-state index in [0.29, 0.717) is 6.42 Å². The lowest BCUT2D eigenvalue weighted by molar-refractivity contribution is -0.142. The fraction of sp³-hybridized carbons (Fsp3) is 0.467.